The van der Waals surface area contributed by atoms with Crippen molar-refractivity contribution in [1.82, 2.24) is 15.1 Å². The Bertz CT molecular complexity index is 713. The van der Waals surface area contributed by atoms with Crippen molar-refractivity contribution in [2.24, 2.45) is 0 Å². The lowest BCUT2D eigenvalue weighted by Gasteiger charge is -2.34. The predicted molar refractivity (Wildman–Crippen MR) is 108 cm³/mol. The van der Waals surface area contributed by atoms with Gasteiger partial charge in [-0.25, -0.2) is 4.79 Å². The highest BCUT2D eigenvalue weighted by Crippen LogP contribution is 2.19. The molecule has 0 radical (unpaired) electrons. The first-order valence-electron chi connectivity index (χ1n) is 9.67. The van der Waals surface area contributed by atoms with Crippen molar-refractivity contribution >= 4 is 6.03 Å². The van der Waals surface area contributed by atoms with E-state index in [0.717, 1.165) is 57.9 Å². The largest absolute Gasteiger partial charge is 0.496 e. The van der Waals surface area contributed by atoms with Crippen molar-refractivity contribution in [3.63, 3.8) is 0 Å². The van der Waals surface area contributed by atoms with Crippen LogP contribution >= 0.6 is 0 Å². The molecule has 1 fully saturated rings. The molecule has 3 rings (SSSR count). The highest BCUT2D eigenvalue weighted by atomic mass is 16.5. The molecule has 1 N–H and O–H groups in total. The maximum absolute atomic E-state index is 12.4. The second-order valence-corrected chi connectivity index (χ2v) is 6.90. The molecule has 0 aromatic heterocycles. The zero-order valence-electron chi connectivity index (χ0n) is 16.1. The quantitative estimate of drug-likeness (QED) is 0.765. The minimum Gasteiger partial charge on any atom is -0.496 e. The monoisotopic (exact) mass is 367 g/mol. The number of benzene rings is 2. The van der Waals surface area contributed by atoms with Gasteiger partial charge >= 0.3 is 6.03 Å². The molecule has 1 aliphatic rings. The van der Waals surface area contributed by atoms with Gasteiger partial charge in [-0.3, -0.25) is 4.90 Å². The number of hydrogen-bond donors (Lipinski definition) is 1. The van der Waals surface area contributed by atoms with Gasteiger partial charge in [0.2, 0.25) is 0 Å². The lowest BCUT2D eigenvalue weighted by atomic mass is 10.1. The second-order valence-electron chi connectivity index (χ2n) is 6.90. The van der Waals surface area contributed by atoms with Crippen LogP contribution in [0.5, 0.6) is 5.75 Å². The van der Waals surface area contributed by atoms with Crippen LogP contribution in [0.1, 0.15) is 17.5 Å². The molecular formula is C22H29N3O2. The van der Waals surface area contributed by atoms with Gasteiger partial charge in [-0.1, -0.05) is 48.5 Å². The van der Waals surface area contributed by atoms with Crippen molar-refractivity contribution in [1.29, 1.82) is 0 Å². The Balaban J connectivity index is 1.36. The Labute approximate surface area is 161 Å². The molecule has 144 valence electrons. The summed E-state index contributed by atoms with van der Waals surface area (Å²) in [6, 6.07) is 18.6. The molecule has 1 aliphatic heterocycles. The van der Waals surface area contributed by atoms with E-state index < -0.39 is 0 Å². The van der Waals surface area contributed by atoms with E-state index in [1.807, 2.05) is 29.2 Å². The average molecular weight is 367 g/mol. The molecule has 1 saturated heterocycles. The van der Waals surface area contributed by atoms with Gasteiger partial charge in [0.25, 0.3) is 0 Å². The smallest absolute Gasteiger partial charge is 0.317 e. The van der Waals surface area contributed by atoms with E-state index in [1.165, 1.54) is 11.1 Å². The molecule has 0 atom stereocenters. The number of piperazine rings is 1. The zero-order valence-corrected chi connectivity index (χ0v) is 16.1. The third kappa shape index (κ3) is 5.73. The van der Waals surface area contributed by atoms with Crippen LogP contribution in [-0.2, 0) is 13.0 Å². The van der Waals surface area contributed by atoms with Crippen LogP contribution in [0.2, 0.25) is 0 Å². The van der Waals surface area contributed by atoms with Gasteiger partial charge in [0.1, 0.15) is 5.75 Å². The molecule has 0 aliphatic carbocycles. The molecule has 1 heterocycles. The number of hydrogen-bond acceptors (Lipinski definition) is 3. The molecule has 2 aromatic rings. The summed E-state index contributed by atoms with van der Waals surface area (Å²) in [6.07, 6.45) is 1.96. The third-order valence-electron chi connectivity index (χ3n) is 5.01. The molecule has 2 aromatic carbocycles. The number of rotatable bonds is 7. The van der Waals surface area contributed by atoms with Gasteiger partial charge in [-0.05, 0) is 24.5 Å². The van der Waals surface area contributed by atoms with Crippen LogP contribution in [0, 0.1) is 0 Å². The topological polar surface area (TPSA) is 44.8 Å². The highest BCUT2D eigenvalue weighted by Gasteiger charge is 2.21. The summed E-state index contributed by atoms with van der Waals surface area (Å²) < 4.78 is 5.43. The number of urea groups is 1. The van der Waals surface area contributed by atoms with Crippen LogP contribution in [0.4, 0.5) is 4.79 Å². The fraction of sp³-hybridized carbons (Fsp3) is 0.409. The Morgan fingerprint density at radius 3 is 2.44 bits per heavy atom. The van der Waals surface area contributed by atoms with Crippen molar-refractivity contribution in [3.05, 3.63) is 65.7 Å². The fourth-order valence-corrected chi connectivity index (χ4v) is 3.43. The number of para-hydroxylation sites is 1. The van der Waals surface area contributed by atoms with Crippen molar-refractivity contribution in [2.45, 2.75) is 19.4 Å². The van der Waals surface area contributed by atoms with Crippen molar-refractivity contribution < 1.29 is 9.53 Å². The standard InChI is InChI=1S/C22H29N3O2/c1-27-21-12-6-5-11-20(21)18-24-14-16-25(17-15-24)22(26)23-13-7-10-19-8-3-2-4-9-19/h2-6,8-9,11-12H,7,10,13-18H2,1H3,(H,23,26). The zero-order chi connectivity index (χ0) is 18.9. The molecule has 0 spiro atoms. The lowest BCUT2D eigenvalue weighted by molar-refractivity contribution is 0.134. The van der Waals surface area contributed by atoms with Crippen LogP contribution in [0.25, 0.3) is 0 Å². The van der Waals surface area contributed by atoms with Gasteiger partial charge in [0.15, 0.2) is 0 Å². The Kier molecular flexibility index (Phi) is 7.11. The van der Waals surface area contributed by atoms with Gasteiger partial charge in [0, 0.05) is 44.8 Å². The van der Waals surface area contributed by atoms with E-state index in [0.29, 0.717) is 0 Å². The van der Waals surface area contributed by atoms with E-state index in [1.54, 1.807) is 7.11 Å². The van der Waals surface area contributed by atoms with Crippen LogP contribution < -0.4 is 10.1 Å². The molecule has 0 saturated carbocycles. The Morgan fingerprint density at radius 2 is 1.70 bits per heavy atom. The maximum atomic E-state index is 12.4. The van der Waals surface area contributed by atoms with Gasteiger partial charge in [-0.15, -0.1) is 0 Å². The molecular weight excluding hydrogens is 338 g/mol. The Morgan fingerprint density at radius 1 is 1.00 bits per heavy atom. The number of carbonyl (C=O) groups is 1. The van der Waals surface area contributed by atoms with E-state index in [9.17, 15) is 4.79 Å². The summed E-state index contributed by atoms with van der Waals surface area (Å²) in [6.45, 7) is 4.87. The summed E-state index contributed by atoms with van der Waals surface area (Å²) in [5.74, 6) is 0.927. The van der Waals surface area contributed by atoms with E-state index in [-0.39, 0.29) is 6.03 Å². The van der Waals surface area contributed by atoms with Crippen LogP contribution in [0.15, 0.2) is 54.6 Å². The number of amides is 2. The predicted octanol–water partition coefficient (Wildman–Crippen LogP) is 3.16. The fourth-order valence-electron chi connectivity index (χ4n) is 3.43. The maximum Gasteiger partial charge on any atom is 0.317 e. The third-order valence-corrected chi connectivity index (χ3v) is 5.01. The number of nitrogens with one attached hydrogen (secondary N) is 1. The lowest BCUT2D eigenvalue weighted by Crippen LogP contribution is -2.51. The highest BCUT2D eigenvalue weighted by molar-refractivity contribution is 5.74. The van der Waals surface area contributed by atoms with Gasteiger partial charge < -0.3 is 15.0 Å². The summed E-state index contributed by atoms with van der Waals surface area (Å²) in [5, 5.41) is 3.05. The first-order chi connectivity index (χ1) is 13.3. The van der Waals surface area contributed by atoms with E-state index >= 15 is 0 Å². The normalized spacial score (nSPS) is 14.8. The molecule has 0 bridgehead atoms. The SMILES string of the molecule is COc1ccccc1CN1CCN(C(=O)NCCCc2ccccc2)CC1. The Hall–Kier alpha value is -2.53. The average Bonchev–Trinajstić information content (AvgIpc) is 2.73. The van der Waals surface area contributed by atoms with Gasteiger partial charge in [-0.2, -0.15) is 0 Å². The number of carbonyl (C=O) groups excluding carboxylic acids is 1. The van der Waals surface area contributed by atoms with Crippen LogP contribution in [-0.4, -0.2) is 55.7 Å². The van der Waals surface area contributed by atoms with Crippen LogP contribution in [0.3, 0.4) is 0 Å². The van der Waals surface area contributed by atoms with E-state index in [2.05, 4.69) is 40.5 Å². The molecule has 27 heavy (non-hydrogen) atoms. The van der Waals surface area contributed by atoms with Crippen molar-refractivity contribution in [2.75, 3.05) is 39.8 Å². The number of methoxy groups -OCH3 is 1. The number of nitrogens with zero attached hydrogens (tertiary/aromatic N) is 2. The summed E-state index contributed by atoms with van der Waals surface area (Å²) in [4.78, 5) is 16.6. The summed E-state index contributed by atoms with van der Waals surface area (Å²) in [5.41, 5.74) is 2.51. The second kappa shape index (κ2) is 9.97. The first kappa shape index (κ1) is 19.2. The van der Waals surface area contributed by atoms with Gasteiger partial charge in [0.05, 0.1) is 7.11 Å². The molecule has 2 amide bonds. The summed E-state index contributed by atoms with van der Waals surface area (Å²) in [7, 11) is 1.71. The number of ether oxygens (including phenoxy) is 1. The van der Waals surface area contributed by atoms with Crippen molar-refractivity contribution in [3.8, 4) is 5.75 Å². The number of aryl methyl sites for hydroxylation is 1. The molecule has 5 heteroatoms. The molecule has 0 unspecified atom stereocenters. The molecule has 5 nitrogen and oxygen atoms in total. The van der Waals surface area contributed by atoms with E-state index in [4.69, 9.17) is 4.74 Å². The summed E-state index contributed by atoms with van der Waals surface area (Å²) >= 11 is 0. The minimum absolute atomic E-state index is 0.0556. The minimum atomic E-state index is 0.0556. The first-order valence-corrected chi connectivity index (χ1v) is 9.67.